The Balaban J connectivity index is 1.63. The van der Waals surface area contributed by atoms with Gasteiger partial charge in [-0.3, -0.25) is 4.99 Å². The van der Waals surface area contributed by atoms with Crippen LogP contribution >= 0.6 is 0 Å². The number of guanidine groups is 1. The lowest BCUT2D eigenvalue weighted by molar-refractivity contribution is 0.624. The van der Waals surface area contributed by atoms with E-state index in [0.717, 1.165) is 44.5 Å². The van der Waals surface area contributed by atoms with Crippen molar-refractivity contribution in [2.24, 2.45) is 10.9 Å². The average Bonchev–Trinajstić information content (AvgIpc) is 3.06. The molecule has 5 nitrogen and oxygen atoms in total. The fraction of sp³-hybridized carbons (Fsp3) is 0.692. The highest BCUT2D eigenvalue weighted by Crippen LogP contribution is 2.28. The average molecular weight is 249 g/mol. The van der Waals surface area contributed by atoms with E-state index in [4.69, 9.17) is 0 Å². The van der Waals surface area contributed by atoms with Gasteiger partial charge in [-0.2, -0.15) is 0 Å². The molecule has 0 unspecified atom stereocenters. The van der Waals surface area contributed by atoms with Gasteiger partial charge in [0.15, 0.2) is 5.96 Å². The first-order valence-corrected chi connectivity index (χ1v) is 6.86. The van der Waals surface area contributed by atoms with Crippen molar-refractivity contribution in [1.29, 1.82) is 0 Å². The molecule has 2 rings (SSSR count). The van der Waals surface area contributed by atoms with Gasteiger partial charge in [0, 0.05) is 38.6 Å². The van der Waals surface area contributed by atoms with E-state index in [9.17, 15) is 0 Å². The summed E-state index contributed by atoms with van der Waals surface area (Å²) in [6.07, 6.45) is 9.44. The molecule has 5 heteroatoms. The van der Waals surface area contributed by atoms with Gasteiger partial charge in [0.25, 0.3) is 0 Å². The summed E-state index contributed by atoms with van der Waals surface area (Å²) in [5, 5.41) is 6.65. The van der Waals surface area contributed by atoms with E-state index >= 15 is 0 Å². The molecule has 0 atom stereocenters. The van der Waals surface area contributed by atoms with Crippen molar-refractivity contribution >= 4 is 5.96 Å². The van der Waals surface area contributed by atoms with Gasteiger partial charge < -0.3 is 15.2 Å². The number of imidazole rings is 1. The van der Waals surface area contributed by atoms with Crippen molar-refractivity contribution in [3.05, 3.63) is 18.7 Å². The summed E-state index contributed by atoms with van der Waals surface area (Å²) in [5.74, 6) is 1.79. The van der Waals surface area contributed by atoms with Crippen molar-refractivity contribution in [2.45, 2.75) is 32.7 Å². The Kier molecular flexibility index (Phi) is 5.05. The van der Waals surface area contributed by atoms with Crippen molar-refractivity contribution < 1.29 is 0 Å². The van der Waals surface area contributed by atoms with Gasteiger partial charge in [0.1, 0.15) is 0 Å². The molecule has 0 saturated heterocycles. The molecule has 0 amide bonds. The Morgan fingerprint density at radius 1 is 1.44 bits per heavy atom. The number of aromatic nitrogens is 2. The SMILES string of the molecule is CCNC(=NCC1CC1)NCCCn1ccnc1. The minimum Gasteiger partial charge on any atom is -0.357 e. The molecule has 1 saturated carbocycles. The van der Waals surface area contributed by atoms with Crippen molar-refractivity contribution in [1.82, 2.24) is 20.2 Å². The molecule has 1 heterocycles. The van der Waals surface area contributed by atoms with Gasteiger partial charge in [0.05, 0.1) is 6.33 Å². The molecule has 1 fully saturated rings. The Morgan fingerprint density at radius 2 is 2.33 bits per heavy atom. The predicted octanol–water partition coefficient (Wildman–Crippen LogP) is 1.24. The van der Waals surface area contributed by atoms with E-state index in [1.807, 2.05) is 18.7 Å². The Morgan fingerprint density at radius 3 is 3.00 bits per heavy atom. The molecule has 2 N–H and O–H groups in total. The van der Waals surface area contributed by atoms with E-state index in [1.54, 1.807) is 0 Å². The van der Waals surface area contributed by atoms with Crippen molar-refractivity contribution in [3.63, 3.8) is 0 Å². The van der Waals surface area contributed by atoms with E-state index in [0.29, 0.717) is 0 Å². The highest BCUT2D eigenvalue weighted by molar-refractivity contribution is 5.79. The largest absolute Gasteiger partial charge is 0.357 e. The van der Waals surface area contributed by atoms with Crippen molar-refractivity contribution in [3.8, 4) is 0 Å². The molecule has 0 aliphatic heterocycles. The summed E-state index contributed by atoms with van der Waals surface area (Å²) in [6.45, 7) is 5.92. The number of nitrogens with one attached hydrogen (secondary N) is 2. The maximum Gasteiger partial charge on any atom is 0.191 e. The zero-order valence-corrected chi connectivity index (χ0v) is 11.1. The van der Waals surface area contributed by atoms with Crippen LogP contribution < -0.4 is 10.6 Å². The molecule has 1 aliphatic rings. The minimum atomic E-state index is 0.839. The molecule has 0 radical (unpaired) electrons. The fourth-order valence-electron chi connectivity index (χ4n) is 1.75. The first-order valence-electron chi connectivity index (χ1n) is 6.86. The lowest BCUT2D eigenvalue weighted by Crippen LogP contribution is -2.38. The van der Waals surface area contributed by atoms with E-state index < -0.39 is 0 Å². The monoisotopic (exact) mass is 249 g/mol. The van der Waals surface area contributed by atoms with Crippen LogP contribution in [0.4, 0.5) is 0 Å². The van der Waals surface area contributed by atoms with Crippen molar-refractivity contribution in [2.75, 3.05) is 19.6 Å². The fourth-order valence-corrected chi connectivity index (χ4v) is 1.75. The summed E-state index contributed by atoms with van der Waals surface area (Å²) in [4.78, 5) is 8.61. The van der Waals surface area contributed by atoms with Crippen LogP contribution in [0.15, 0.2) is 23.7 Å². The number of hydrogen-bond acceptors (Lipinski definition) is 2. The third kappa shape index (κ3) is 4.77. The van der Waals surface area contributed by atoms with Crippen LogP contribution in [0, 0.1) is 5.92 Å². The second kappa shape index (κ2) is 7.03. The highest BCUT2D eigenvalue weighted by Gasteiger charge is 2.20. The molecular formula is C13H23N5. The summed E-state index contributed by atoms with van der Waals surface area (Å²) in [7, 11) is 0. The molecule has 1 aromatic heterocycles. The third-order valence-corrected chi connectivity index (χ3v) is 2.99. The lowest BCUT2D eigenvalue weighted by Gasteiger charge is -2.11. The second-order valence-electron chi connectivity index (χ2n) is 4.74. The van der Waals surface area contributed by atoms with Crippen LogP contribution in [0.5, 0.6) is 0 Å². The Bertz CT molecular complexity index is 353. The first kappa shape index (κ1) is 12.9. The van der Waals surface area contributed by atoms with Gasteiger partial charge >= 0.3 is 0 Å². The summed E-state index contributed by atoms with van der Waals surface area (Å²) in [6, 6.07) is 0. The van der Waals surface area contributed by atoms with Crippen LogP contribution in [-0.2, 0) is 6.54 Å². The van der Waals surface area contributed by atoms with Crippen LogP contribution in [-0.4, -0.2) is 35.1 Å². The van der Waals surface area contributed by atoms with E-state index in [-0.39, 0.29) is 0 Å². The smallest absolute Gasteiger partial charge is 0.191 e. The predicted molar refractivity (Wildman–Crippen MR) is 73.5 cm³/mol. The number of nitrogens with zero attached hydrogens (tertiary/aromatic N) is 3. The second-order valence-corrected chi connectivity index (χ2v) is 4.74. The molecule has 100 valence electrons. The molecule has 18 heavy (non-hydrogen) atoms. The first-order chi connectivity index (χ1) is 8.88. The molecular weight excluding hydrogens is 226 g/mol. The molecule has 0 aromatic carbocycles. The van der Waals surface area contributed by atoms with Gasteiger partial charge in [-0.15, -0.1) is 0 Å². The zero-order valence-electron chi connectivity index (χ0n) is 11.1. The quantitative estimate of drug-likeness (QED) is 0.434. The summed E-state index contributed by atoms with van der Waals surface area (Å²) < 4.78 is 2.09. The molecule has 0 spiro atoms. The number of hydrogen-bond donors (Lipinski definition) is 2. The van der Waals surface area contributed by atoms with Gasteiger partial charge in [0.2, 0.25) is 0 Å². The maximum absolute atomic E-state index is 4.59. The minimum absolute atomic E-state index is 0.839. The standard InChI is InChI=1S/C13H23N5/c1-2-15-13(17-10-12-4-5-12)16-6-3-8-18-9-7-14-11-18/h7,9,11-12H,2-6,8,10H2,1H3,(H2,15,16,17). The molecule has 1 aromatic rings. The van der Waals surface area contributed by atoms with Crippen LogP contribution in [0.1, 0.15) is 26.2 Å². The molecule has 0 bridgehead atoms. The number of aryl methyl sites for hydroxylation is 1. The normalized spacial score (nSPS) is 15.7. The zero-order chi connectivity index (χ0) is 12.6. The summed E-state index contributed by atoms with van der Waals surface area (Å²) in [5.41, 5.74) is 0. The third-order valence-electron chi connectivity index (χ3n) is 2.99. The van der Waals surface area contributed by atoms with Crippen LogP contribution in [0.25, 0.3) is 0 Å². The maximum atomic E-state index is 4.59. The molecule has 1 aliphatic carbocycles. The summed E-state index contributed by atoms with van der Waals surface area (Å²) >= 11 is 0. The Hall–Kier alpha value is -1.52. The van der Waals surface area contributed by atoms with E-state index in [2.05, 4.69) is 32.1 Å². The van der Waals surface area contributed by atoms with Crippen LogP contribution in [0.3, 0.4) is 0 Å². The van der Waals surface area contributed by atoms with Crippen LogP contribution in [0.2, 0.25) is 0 Å². The number of aliphatic imine (C=N–C) groups is 1. The lowest BCUT2D eigenvalue weighted by atomic mass is 10.4. The Labute approximate surface area is 109 Å². The van der Waals surface area contributed by atoms with Gasteiger partial charge in [-0.25, -0.2) is 4.98 Å². The highest BCUT2D eigenvalue weighted by atomic mass is 15.2. The topological polar surface area (TPSA) is 54.2 Å². The van der Waals surface area contributed by atoms with E-state index in [1.165, 1.54) is 12.8 Å². The van der Waals surface area contributed by atoms with Gasteiger partial charge in [-0.05, 0) is 32.1 Å². The number of rotatable bonds is 7. The van der Waals surface area contributed by atoms with Gasteiger partial charge in [-0.1, -0.05) is 0 Å².